The van der Waals surface area contributed by atoms with Crippen LogP contribution in [0.5, 0.6) is 0 Å². The van der Waals surface area contributed by atoms with E-state index in [1.165, 1.54) is 21.6 Å². The summed E-state index contributed by atoms with van der Waals surface area (Å²) in [5.74, 6) is 0.151. The van der Waals surface area contributed by atoms with E-state index in [1.54, 1.807) is 0 Å². The Balaban J connectivity index is 3.82. The molecule has 0 aliphatic rings. The Morgan fingerprint density at radius 3 is 1.42 bits per heavy atom. The van der Waals surface area contributed by atoms with Gasteiger partial charge in [0.05, 0.1) is 0 Å². The van der Waals surface area contributed by atoms with Crippen molar-refractivity contribution >= 4 is 33.5 Å². The van der Waals surface area contributed by atoms with E-state index < -0.39 is 0 Å². The Morgan fingerprint density at radius 1 is 0.750 bits per heavy atom. The van der Waals surface area contributed by atoms with Gasteiger partial charge in [0.1, 0.15) is 23.7 Å². The van der Waals surface area contributed by atoms with Gasteiger partial charge in [-0.15, -0.1) is 0 Å². The standard InChI is InChI=1S/C18H34O4S2/c1-5-9-11-15(7-3)21-17(19)13-23-24-14-18(20)22-16(8-4)12-10-6-2/h15-16H,5-14H2,1-4H3. The summed E-state index contributed by atoms with van der Waals surface area (Å²) in [4.78, 5) is 23.6. The third-order valence-corrected chi connectivity index (χ3v) is 5.78. The second-order valence-corrected chi connectivity index (χ2v) is 8.31. The lowest BCUT2D eigenvalue weighted by molar-refractivity contribution is -0.147. The van der Waals surface area contributed by atoms with E-state index in [0.717, 1.165) is 51.4 Å². The van der Waals surface area contributed by atoms with Gasteiger partial charge < -0.3 is 9.47 Å². The van der Waals surface area contributed by atoms with Crippen LogP contribution in [0.15, 0.2) is 0 Å². The highest BCUT2D eigenvalue weighted by atomic mass is 33.1. The molecule has 24 heavy (non-hydrogen) atoms. The van der Waals surface area contributed by atoms with Crippen molar-refractivity contribution in [2.75, 3.05) is 11.5 Å². The largest absolute Gasteiger partial charge is 0.462 e. The maximum atomic E-state index is 11.8. The lowest BCUT2D eigenvalue weighted by atomic mass is 10.1. The molecule has 0 heterocycles. The average Bonchev–Trinajstić information content (AvgIpc) is 2.58. The fourth-order valence-electron chi connectivity index (χ4n) is 2.18. The molecule has 0 bridgehead atoms. The second-order valence-electron chi connectivity index (χ2n) is 5.85. The molecule has 0 saturated heterocycles. The van der Waals surface area contributed by atoms with Crippen LogP contribution in [0.4, 0.5) is 0 Å². The third kappa shape index (κ3) is 13.0. The first-order valence-corrected chi connectivity index (χ1v) is 11.7. The molecule has 2 atom stereocenters. The highest BCUT2D eigenvalue weighted by molar-refractivity contribution is 8.77. The van der Waals surface area contributed by atoms with Crippen molar-refractivity contribution in [3.05, 3.63) is 0 Å². The quantitative estimate of drug-likeness (QED) is 0.216. The molecule has 6 heteroatoms. The van der Waals surface area contributed by atoms with E-state index in [1.807, 2.05) is 13.8 Å². The third-order valence-electron chi connectivity index (χ3n) is 3.70. The first kappa shape index (κ1) is 23.6. The topological polar surface area (TPSA) is 52.6 Å². The first-order valence-electron chi connectivity index (χ1n) is 9.20. The Kier molecular flexibility index (Phi) is 15.9. The van der Waals surface area contributed by atoms with Gasteiger partial charge in [-0.1, -0.05) is 75.0 Å². The minimum atomic E-state index is -0.196. The monoisotopic (exact) mass is 378 g/mol. The van der Waals surface area contributed by atoms with Crippen molar-refractivity contribution in [3.8, 4) is 0 Å². The first-order chi connectivity index (χ1) is 11.6. The molecule has 0 aromatic heterocycles. The molecule has 0 aliphatic heterocycles. The van der Waals surface area contributed by atoms with Gasteiger partial charge in [-0.3, -0.25) is 9.59 Å². The number of hydrogen-bond acceptors (Lipinski definition) is 6. The summed E-state index contributed by atoms with van der Waals surface area (Å²) < 4.78 is 10.9. The van der Waals surface area contributed by atoms with Crippen LogP contribution >= 0.6 is 21.6 Å². The molecule has 0 N–H and O–H groups in total. The van der Waals surface area contributed by atoms with Crippen molar-refractivity contribution in [1.82, 2.24) is 0 Å². The highest BCUT2D eigenvalue weighted by Gasteiger charge is 2.14. The summed E-state index contributed by atoms with van der Waals surface area (Å²) in [6, 6.07) is 0. The number of carbonyl (C=O) groups is 2. The maximum absolute atomic E-state index is 11.8. The number of ether oxygens (including phenoxy) is 2. The molecule has 2 unspecified atom stereocenters. The number of carbonyl (C=O) groups excluding carboxylic acids is 2. The van der Waals surface area contributed by atoms with E-state index in [2.05, 4.69) is 13.8 Å². The van der Waals surface area contributed by atoms with Gasteiger partial charge in [0.2, 0.25) is 0 Å². The van der Waals surface area contributed by atoms with Gasteiger partial charge in [-0.25, -0.2) is 0 Å². The molecular formula is C18H34O4S2. The fourth-order valence-corrected chi connectivity index (χ4v) is 3.75. The molecule has 0 aromatic rings. The number of rotatable bonds is 15. The van der Waals surface area contributed by atoms with Crippen molar-refractivity contribution in [2.24, 2.45) is 0 Å². The van der Waals surface area contributed by atoms with Gasteiger partial charge in [-0.05, 0) is 25.7 Å². The van der Waals surface area contributed by atoms with E-state index in [0.29, 0.717) is 0 Å². The van der Waals surface area contributed by atoms with Gasteiger partial charge in [-0.2, -0.15) is 0 Å². The molecule has 0 spiro atoms. The summed E-state index contributed by atoms with van der Waals surface area (Å²) in [6.45, 7) is 8.33. The lowest BCUT2D eigenvalue weighted by Gasteiger charge is -2.16. The molecule has 0 aliphatic carbocycles. The smallest absolute Gasteiger partial charge is 0.317 e. The zero-order valence-corrected chi connectivity index (χ0v) is 17.3. The summed E-state index contributed by atoms with van der Waals surface area (Å²) in [6.07, 6.45) is 7.99. The van der Waals surface area contributed by atoms with Crippen LogP contribution < -0.4 is 0 Å². The number of esters is 2. The van der Waals surface area contributed by atoms with E-state index in [4.69, 9.17) is 9.47 Å². The van der Waals surface area contributed by atoms with Crippen molar-refractivity contribution in [1.29, 1.82) is 0 Å². The Labute approximate surface area is 155 Å². The van der Waals surface area contributed by atoms with E-state index in [-0.39, 0.29) is 35.7 Å². The minimum absolute atomic E-state index is 0.0249. The van der Waals surface area contributed by atoms with E-state index in [9.17, 15) is 9.59 Å². The van der Waals surface area contributed by atoms with Crippen LogP contribution in [0, 0.1) is 0 Å². The van der Waals surface area contributed by atoms with Crippen molar-refractivity contribution in [3.63, 3.8) is 0 Å². The van der Waals surface area contributed by atoms with Gasteiger partial charge in [0.25, 0.3) is 0 Å². The van der Waals surface area contributed by atoms with Crippen LogP contribution in [-0.2, 0) is 19.1 Å². The molecule has 0 aromatic carbocycles. The SMILES string of the molecule is CCCCC(CC)OC(=O)CSSCC(=O)OC(CC)CCCC. The normalized spacial score (nSPS) is 13.3. The van der Waals surface area contributed by atoms with Crippen LogP contribution in [0.25, 0.3) is 0 Å². The van der Waals surface area contributed by atoms with Gasteiger partial charge in [0.15, 0.2) is 0 Å². The predicted octanol–water partition coefficient (Wildman–Crippen LogP) is 5.39. The zero-order chi connectivity index (χ0) is 18.2. The van der Waals surface area contributed by atoms with Crippen LogP contribution in [0.3, 0.4) is 0 Å². The van der Waals surface area contributed by atoms with Gasteiger partial charge in [0, 0.05) is 0 Å². The van der Waals surface area contributed by atoms with Gasteiger partial charge >= 0.3 is 11.9 Å². The fraction of sp³-hybridized carbons (Fsp3) is 0.889. The lowest BCUT2D eigenvalue weighted by Crippen LogP contribution is -2.19. The van der Waals surface area contributed by atoms with Crippen LogP contribution in [0.1, 0.15) is 79.1 Å². The molecule has 0 saturated carbocycles. The predicted molar refractivity (Wildman–Crippen MR) is 104 cm³/mol. The average molecular weight is 379 g/mol. The number of hydrogen-bond donors (Lipinski definition) is 0. The summed E-state index contributed by atoms with van der Waals surface area (Å²) >= 11 is 0. The van der Waals surface area contributed by atoms with Crippen LogP contribution in [0.2, 0.25) is 0 Å². The molecule has 0 fully saturated rings. The Hall–Kier alpha value is -0.360. The van der Waals surface area contributed by atoms with E-state index >= 15 is 0 Å². The van der Waals surface area contributed by atoms with Crippen molar-refractivity contribution in [2.45, 2.75) is 91.3 Å². The summed E-state index contributed by atoms with van der Waals surface area (Å²) in [5, 5.41) is 0. The summed E-state index contributed by atoms with van der Waals surface area (Å²) in [7, 11) is 2.72. The Morgan fingerprint density at radius 2 is 1.12 bits per heavy atom. The maximum Gasteiger partial charge on any atom is 0.317 e. The molecular weight excluding hydrogens is 344 g/mol. The second kappa shape index (κ2) is 16.1. The number of unbranched alkanes of at least 4 members (excludes halogenated alkanes) is 2. The Bertz CT molecular complexity index is 305. The van der Waals surface area contributed by atoms with Crippen molar-refractivity contribution < 1.29 is 19.1 Å². The molecule has 142 valence electrons. The minimum Gasteiger partial charge on any atom is -0.462 e. The summed E-state index contributed by atoms with van der Waals surface area (Å²) in [5.41, 5.74) is 0. The molecule has 0 rings (SSSR count). The molecule has 0 radical (unpaired) electrons. The molecule has 0 amide bonds. The zero-order valence-electron chi connectivity index (χ0n) is 15.7. The van der Waals surface area contributed by atoms with Crippen LogP contribution in [-0.4, -0.2) is 35.7 Å². The molecule has 4 nitrogen and oxygen atoms in total. The highest BCUT2D eigenvalue weighted by Crippen LogP contribution is 2.22.